The van der Waals surface area contributed by atoms with Gasteiger partial charge < -0.3 is 10.2 Å². The van der Waals surface area contributed by atoms with E-state index in [1.165, 1.54) is 5.56 Å². The van der Waals surface area contributed by atoms with Crippen LogP contribution in [0.4, 0.5) is 0 Å². The van der Waals surface area contributed by atoms with Gasteiger partial charge in [0.25, 0.3) is 0 Å². The first-order valence-corrected chi connectivity index (χ1v) is 5.95. The molecular weight excluding hydrogens is 200 g/mol. The molecule has 0 spiro atoms. The summed E-state index contributed by atoms with van der Waals surface area (Å²) in [5, 5.41) is 19.9. The second-order valence-corrected chi connectivity index (χ2v) is 5.50. The van der Waals surface area contributed by atoms with Crippen molar-refractivity contribution in [2.75, 3.05) is 0 Å². The highest BCUT2D eigenvalue weighted by atomic mass is 16.3. The Hall–Kier alpha value is -1.02. The molecule has 2 nitrogen and oxygen atoms in total. The van der Waals surface area contributed by atoms with Crippen LogP contribution in [0.25, 0.3) is 0 Å². The minimum atomic E-state index is -0.760. The van der Waals surface area contributed by atoms with E-state index in [1.54, 1.807) is 6.07 Å². The van der Waals surface area contributed by atoms with Crippen molar-refractivity contribution in [2.24, 2.45) is 0 Å². The second kappa shape index (κ2) is 3.49. The van der Waals surface area contributed by atoms with Crippen molar-refractivity contribution in [2.45, 2.75) is 51.0 Å². The first kappa shape index (κ1) is 11.5. The summed E-state index contributed by atoms with van der Waals surface area (Å²) in [6.45, 7) is 6.51. The van der Waals surface area contributed by atoms with Gasteiger partial charge in [-0.15, -0.1) is 0 Å². The Balaban J connectivity index is 2.44. The molecule has 1 aromatic carbocycles. The Labute approximate surface area is 96.9 Å². The first-order chi connectivity index (χ1) is 7.39. The van der Waals surface area contributed by atoms with Gasteiger partial charge in [-0.1, -0.05) is 26.8 Å². The number of phenols is 1. The molecule has 0 heterocycles. The van der Waals surface area contributed by atoms with E-state index in [0.717, 1.165) is 19.3 Å². The SMILES string of the molecule is CCC(C)(C)c1ccc(O)c(C2(O)CC2)c1. The van der Waals surface area contributed by atoms with Gasteiger partial charge in [0.15, 0.2) is 0 Å². The number of aromatic hydroxyl groups is 1. The Bertz CT molecular complexity index is 403. The van der Waals surface area contributed by atoms with E-state index in [2.05, 4.69) is 20.8 Å². The molecule has 16 heavy (non-hydrogen) atoms. The summed E-state index contributed by atoms with van der Waals surface area (Å²) in [6, 6.07) is 5.62. The third kappa shape index (κ3) is 1.82. The van der Waals surface area contributed by atoms with Gasteiger partial charge in [0.1, 0.15) is 5.75 Å². The lowest BCUT2D eigenvalue weighted by Gasteiger charge is -2.25. The van der Waals surface area contributed by atoms with Crippen LogP contribution in [0.1, 0.15) is 51.2 Å². The van der Waals surface area contributed by atoms with Crippen molar-refractivity contribution in [3.63, 3.8) is 0 Å². The molecule has 2 heteroatoms. The molecule has 1 aliphatic carbocycles. The zero-order valence-electron chi connectivity index (χ0n) is 10.2. The highest BCUT2D eigenvalue weighted by Crippen LogP contribution is 2.49. The molecule has 1 fully saturated rings. The second-order valence-electron chi connectivity index (χ2n) is 5.50. The van der Waals surface area contributed by atoms with Gasteiger partial charge >= 0.3 is 0 Å². The Morgan fingerprint density at radius 3 is 2.44 bits per heavy atom. The van der Waals surface area contributed by atoms with Crippen molar-refractivity contribution >= 4 is 0 Å². The maximum Gasteiger partial charge on any atom is 0.121 e. The highest BCUT2D eigenvalue weighted by Gasteiger charge is 2.44. The number of benzene rings is 1. The molecule has 0 aliphatic heterocycles. The van der Waals surface area contributed by atoms with Gasteiger partial charge in [0.2, 0.25) is 0 Å². The quantitative estimate of drug-likeness (QED) is 0.822. The van der Waals surface area contributed by atoms with E-state index in [9.17, 15) is 10.2 Å². The summed E-state index contributed by atoms with van der Waals surface area (Å²) < 4.78 is 0. The predicted molar refractivity (Wildman–Crippen MR) is 64.6 cm³/mol. The molecule has 0 bridgehead atoms. The van der Waals surface area contributed by atoms with Crippen LogP contribution in [0.15, 0.2) is 18.2 Å². The van der Waals surface area contributed by atoms with Crippen LogP contribution in [0.5, 0.6) is 5.75 Å². The fraction of sp³-hybridized carbons (Fsp3) is 0.571. The lowest BCUT2D eigenvalue weighted by atomic mass is 9.81. The van der Waals surface area contributed by atoms with Crippen LogP contribution in [-0.2, 0) is 11.0 Å². The van der Waals surface area contributed by atoms with Gasteiger partial charge in [-0.05, 0) is 42.4 Å². The Morgan fingerprint density at radius 1 is 1.31 bits per heavy atom. The van der Waals surface area contributed by atoms with E-state index in [-0.39, 0.29) is 11.2 Å². The first-order valence-electron chi connectivity index (χ1n) is 5.95. The monoisotopic (exact) mass is 220 g/mol. The van der Waals surface area contributed by atoms with E-state index >= 15 is 0 Å². The van der Waals surface area contributed by atoms with Crippen molar-refractivity contribution < 1.29 is 10.2 Å². The summed E-state index contributed by atoms with van der Waals surface area (Å²) in [6.07, 6.45) is 2.56. The van der Waals surface area contributed by atoms with Crippen LogP contribution < -0.4 is 0 Å². The smallest absolute Gasteiger partial charge is 0.121 e. The van der Waals surface area contributed by atoms with Gasteiger partial charge in [-0.2, -0.15) is 0 Å². The molecule has 1 aromatic rings. The summed E-state index contributed by atoms with van der Waals surface area (Å²) >= 11 is 0. The lowest BCUT2D eigenvalue weighted by molar-refractivity contribution is 0.147. The number of hydrogen-bond donors (Lipinski definition) is 2. The van der Waals surface area contributed by atoms with E-state index < -0.39 is 5.60 Å². The van der Waals surface area contributed by atoms with Crippen LogP contribution in [0, 0.1) is 0 Å². The summed E-state index contributed by atoms with van der Waals surface area (Å²) in [4.78, 5) is 0. The third-order valence-electron chi connectivity index (χ3n) is 3.89. The molecule has 0 saturated heterocycles. The van der Waals surface area contributed by atoms with E-state index in [4.69, 9.17) is 0 Å². The summed E-state index contributed by atoms with van der Waals surface area (Å²) in [5.74, 6) is 0.218. The number of phenolic OH excluding ortho intramolecular Hbond substituents is 1. The van der Waals surface area contributed by atoms with Crippen LogP contribution in [-0.4, -0.2) is 10.2 Å². The largest absolute Gasteiger partial charge is 0.508 e. The molecule has 88 valence electrons. The molecule has 2 N–H and O–H groups in total. The van der Waals surface area contributed by atoms with Gasteiger partial charge in [-0.3, -0.25) is 0 Å². The molecule has 1 aliphatic rings. The minimum Gasteiger partial charge on any atom is -0.508 e. The topological polar surface area (TPSA) is 40.5 Å². The average Bonchev–Trinajstić information content (AvgIpc) is 2.98. The maximum absolute atomic E-state index is 10.1. The average molecular weight is 220 g/mol. The minimum absolute atomic E-state index is 0.0910. The summed E-state index contributed by atoms with van der Waals surface area (Å²) in [7, 11) is 0. The Morgan fingerprint density at radius 2 is 1.94 bits per heavy atom. The van der Waals surface area contributed by atoms with Gasteiger partial charge in [-0.25, -0.2) is 0 Å². The number of aliphatic hydroxyl groups is 1. The van der Waals surface area contributed by atoms with Gasteiger partial charge in [0.05, 0.1) is 5.60 Å². The van der Waals surface area contributed by atoms with Crippen molar-refractivity contribution in [3.05, 3.63) is 29.3 Å². The van der Waals surface area contributed by atoms with Crippen molar-refractivity contribution in [3.8, 4) is 5.75 Å². The predicted octanol–water partition coefficient (Wildman–Crippen LogP) is 3.06. The molecule has 0 amide bonds. The van der Waals surface area contributed by atoms with Crippen LogP contribution in [0.3, 0.4) is 0 Å². The number of hydrogen-bond acceptors (Lipinski definition) is 2. The van der Waals surface area contributed by atoms with Crippen molar-refractivity contribution in [1.82, 2.24) is 0 Å². The van der Waals surface area contributed by atoms with Crippen molar-refractivity contribution in [1.29, 1.82) is 0 Å². The molecular formula is C14H20O2. The summed E-state index contributed by atoms with van der Waals surface area (Å²) in [5.41, 5.74) is 1.21. The zero-order chi connectivity index (χ0) is 12.0. The van der Waals surface area contributed by atoms with Crippen LogP contribution >= 0.6 is 0 Å². The molecule has 1 saturated carbocycles. The van der Waals surface area contributed by atoms with Gasteiger partial charge in [0, 0.05) is 5.56 Å². The highest BCUT2D eigenvalue weighted by molar-refractivity contribution is 5.44. The molecule has 0 radical (unpaired) electrons. The maximum atomic E-state index is 10.1. The fourth-order valence-corrected chi connectivity index (χ4v) is 1.92. The zero-order valence-corrected chi connectivity index (χ0v) is 10.2. The molecule has 0 atom stereocenters. The normalized spacial score (nSPS) is 18.5. The molecule has 0 aromatic heterocycles. The number of rotatable bonds is 3. The van der Waals surface area contributed by atoms with E-state index in [0.29, 0.717) is 5.56 Å². The lowest BCUT2D eigenvalue weighted by Crippen LogP contribution is -2.17. The Kier molecular flexibility index (Phi) is 2.50. The standard InChI is InChI=1S/C14H20O2/c1-4-13(2,3)10-5-6-12(15)11(9-10)14(16)7-8-14/h5-6,9,15-16H,4,7-8H2,1-3H3. The van der Waals surface area contributed by atoms with Crippen LogP contribution in [0.2, 0.25) is 0 Å². The molecule has 2 rings (SSSR count). The fourth-order valence-electron chi connectivity index (χ4n) is 1.92. The third-order valence-corrected chi connectivity index (χ3v) is 3.89. The molecule has 0 unspecified atom stereocenters. The van der Waals surface area contributed by atoms with E-state index in [1.807, 2.05) is 12.1 Å².